The van der Waals surface area contributed by atoms with Crippen LogP contribution in [0.2, 0.25) is 0 Å². The Labute approximate surface area is 167 Å². The van der Waals surface area contributed by atoms with Gasteiger partial charge < -0.3 is 15.2 Å². The Balaban J connectivity index is 0.000000271. The Morgan fingerprint density at radius 3 is 1.63 bits per heavy atom. The minimum atomic E-state index is 0.417. The van der Waals surface area contributed by atoms with E-state index in [0.29, 0.717) is 29.0 Å². The van der Waals surface area contributed by atoms with E-state index in [1.807, 2.05) is 36.4 Å². The van der Waals surface area contributed by atoms with Crippen molar-refractivity contribution in [3.63, 3.8) is 0 Å². The molecule has 0 aliphatic carbocycles. The second kappa shape index (κ2) is 11.9. The lowest BCUT2D eigenvalue weighted by Crippen LogP contribution is -2.09. The van der Waals surface area contributed by atoms with Crippen LogP contribution in [0.15, 0.2) is 48.5 Å². The van der Waals surface area contributed by atoms with Crippen LogP contribution >= 0.6 is 12.2 Å². The Kier molecular flexibility index (Phi) is 9.92. The van der Waals surface area contributed by atoms with Crippen molar-refractivity contribution in [1.82, 2.24) is 0 Å². The average molecular weight is 385 g/mol. The third-order valence-corrected chi connectivity index (χ3v) is 3.52. The molecule has 2 aromatic rings. The van der Waals surface area contributed by atoms with Gasteiger partial charge in [-0.3, -0.25) is 0 Å². The van der Waals surface area contributed by atoms with E-state index in [2.05, 4.69) is 33.8 Å². The highest BCUT2D eigenvalue weighted by Crippen LogP contribution is 2.13. The number of nitrogens with two attached hydrogens (primary N) is 1. The van der Waals surface area contributed by atoms with E-state index in [4.69, 9.17) is 32.7 Å². The van der Waals surface area contributed by atoms with Crippen LogP contribution in [0.4, 0.5) is 0 Å². The molecular formula is C22H28N2O2S. The maximum absolute atomic E-state index is 8.56. The number of thiocarbonyl (C=S) groups is 1. The predicted octanol–water partition coefficient (Wildman–Crippen LogP) is 4.95. The predicted molar refractivity (Wildman–Crippen MR) is 114 cm³/mol. The van der Waals surface area contributed by atoms with Gasteiger partial charge in [-0.05, 0) is 60.4 Å². The Hall–Kier alpha value is -2.58. The third kappa shape index (κ3) is 9.62. The molecule has 0 amide bonds. The molecule has 0 heterocycles. The maximum atomic E-state index is 8.56. The van der Waals surface area contributed by atoms with Gasteiger partial charge in [-0.2, -0.15) is 5.26 Å². The number of ether oxygens (including phenoxy) is 2. The van der Waals surface area contributed by atoms with E-state index < -0.39 is 0 Å². The topological polar surface area (TPSA) is 68.3 Å². The van der Waals surface area contributed by atoms with Crippen molar-refractivity contribution < 1.29 is 9.47 Å². The van der Waals surface area contributed by atoms with Gasteiger partial charge in [0.1, 0.15) is 16.5 Å². The second-order valence-electron chi connectivity index (χ2n) is 6.93. The van der Waals surface area contributed by atoms with E-state index in [1.54, 1.807) is 12.1 Å². The van der Waals surface area contributed by atoms with Crippen molar-refractivity contribution in [1.29, 1.82) is 5.26 Å². The van der Waals surface area contributed by atoms with Gasteiger partial charge in [0.25, 0.3) is 0 Å². The first kappa shape index (κ1) is 22.5. The van der Waals surface area contributed by atoms with Crippen molar-refractivity contribution >= 4 is 17.2 Å². The molecule has 2 rings (SSSR count). The zero-order chi connectivity index (χ0) is 20.2. The number of hydrogen-bond donors (Lipinski definition) is 1. The van der Waals surface area contributed by atoms with Crippen LogP contribution in [0.25, 0.3) is 0 Å². The summed E-state index contributed by atoms with van der Waals surface area (Å²) in [5.74, 6) is 2.74. The molecule has 2 N–H and O–H groups in total. The van der Waals surface area contributed by atoms with Gasteiger partial charge in [0, 0.05) is 5.56 Å². The Morgan fingerprint density at radius 2 is 1.30 bits per heavy atom. The number of nitrogens with zero attached hydrogens (tertiary/aromatic N) is 1. The molecule has 0 atom stereocenters. The van der Waals surface area contributed by atoms with Crippen molar-refractivity contribution in [2.24, 2.45) is 17.6 Å². The lowest BCUT2D eigenvalue weighted by Gasteiger charge is -2.08. The minimum absolute atomic E-state index is 0.417. The molecule has 0 spiro atoms. The normalized spacial score (nSPS) is 9.96. The second-order valence-corrected chi connectivity index (χ2v) is 7.37. The molecule has 4 nitrogen and oxygen atoms in total. The summed E-state index contributed by atoms with van der Waals surface area (Å²) in [6, 6.07) is 16.7. The molecule has 0 unspecified atom stereocenters. The van der Waals surface area contributed by atoms with Crippen molar-refractivity contribution in [2.75, 3.05) is 13.2 Å². The first-order valence-corrected chi connectivity index (χ1v) is 9.38. The highest BCUT2D eigenvalue weighted by atomic mass is 32.1. The van der Waals surface area contributed by atoms with Gasteiger partial charge in [0.05, 0.1) is 24.8 Å². The highest BCUT2D eigenvalue weighted by Gasteiger charge is 1.99. The van der Waals surface area contributed by atoms with Crippen LogP contribution in [0.5, 0.6) is 11.5 Å². The third-order valence-electron chi connectivity index (χ3n) is 3.29. The molecule has 0 aliphatic rings. The van der Waals surface area contributed by atoms with Crippen molar-refractivity contribution in [3.05, 3.63) is 59.7 Å². The molecule has 0 radical (unpaired) electrons. The van der Waals surface area contributed by atoms with E-state index in [1.165, 1.54) is 0 Å². The van der Waals surface area contributed by atoms with E-state index >= 15 is 0 Å². The van der Waals surface area contributed by atoms with Crippen molar-refractivity contribution in [3.8, 4) is 17.6 Å². The summed E-state index contributed by atoms with van der Waals surface area (Å²) in [7, 11) is 0. The van der Waals surface area contributed by atoms with Crippen LogP contribution in [-0.4, -0.2) is 18.2 Å². The van der Waals surface area contributed by atoms with Gasteiger partial charge >= 0.3 is 0 Å². The van der Waals surface area contributed by atoms with Crippen LogP contribution < -0.4 is 15.2 Å². The Morgan fingerprint density at radius 1 is 0.889 bits per heavy atom. The summed E-state index contributed by atoms with van der Waals surface area (Å²) in [6.45, 7) is 9.87. The molecule has 144 valence electrons. The molecule has 0 saturated heterocycles. The van der Waals surface area contributed by atoms with Crippen LogP contribution in [0.3, 0.4) is 0 Å². The fourth-order valence-electron chi connectivity index (χ4n) is 1.87. The molecule has 2 aromatic carbocycles. The summed E-state index contributed by atoms with van der Waals surface area (Å²) in [5, 5.41) is 8.56. The molecule has 0 fully saturated rings. The molecule has 0 aromatic heterocycles. The van der Waals surface area contributed by atoms with E-state index in [0.717, 1.165) is 23.7 Å². The van der Waals surface area contributed by atoms with Crippen LogP contribution in [-0.2, 0) is 0 Å². The average Bonchev–Trinajstić information content (AvgIpc) is 2.66. The Bertz CT molecular complexity index is 732. The van der Waals surface area contributed by atoms with Crippen LogP contribution in [0.1, 0.15) is 38.8 Å². The summed E-state index contributed by atoms with van der Waals surface area (Å²) >= 11 is 4.85. The fraction of sp³-hybridized carbons (Fsp3) is 0.364. The van der Waals surface area contributed by atoms with Gasteiger partial charge in [0.15, 0.2) is 0 Å². The number of hydrogen-bond acceptors (Lipinski definition) is 4. The first-order chi connectivity index (χ1) is 12.8. The number of nitriles is 1. The van der Waals surface area contributed by atoms with Gasteiger partial charge in [-0.25, -0.2) is 0 Å². The summed E-state index contributed by atoms with van der Waals surface area (Å²) in [4.78, 5) is 0.417. The van der Waals surface area contributed by atoms with E-state index in [9.17, 15) is 0 Å². The van der Waals surface area contributed by atoms with Crippen molar-refractivity contribution in [2.45, 2.75) is 27.7 Å². The lowest BCUT2D eigenvalue weighted by molar-refractivity contribution is 0.271. The summed E-state index contributed by atoms with van der Waals surface area (Å²) in [6.07, 6.45) is 0. The molecule has 0 saturated carbocycles. The zero-order valence-corrected chi connectivity index (χ0v) is 17.3. The molecule has 0 aliphatic heterocycles. The molecule has 0 bridgehead atoms. The minimum Gasteiger partial charge on any atom is -0.493 e. The van der Waals surface area contributed by atoms with Gasteiger partial charge in [0.2, 0.25) is 0 Å². The van der Waals surface area contributed by atoms with Gasteiger partial charge in [-0.1, -0.05) is 39.9 Å². The molecule has 5 heteroatoms. The number of benzene rings is 2. The molecular weight excluding hydrogens is 356 g/mol. The van der Waals surface area contributed by atoms with E-state index in [-0.39, 0.29) is 0 Å². The standard InChI is InChI=1S/C11H15NOS.C11H13NO/c1-8(2)7-13-10-5-3-9(4-6-10)11(12)14;1-9(2)8-13-11-5-3-10(7-12)4-6-11/h3-6,8H,7H2,1-2H3,(H2,12,14);3-6,9H,8H2,1-2H3. The molecule has 27 heavy (non-hydrogen) atoms. The zero-order valence-electron chi connectivity index (χ0n) is 16.4. The smallest absolute Gasteiger partial charge is 0.119 e. The largest absolute Gasteiger partial charge is 0.493 e. The fourth-order valence-corrected chi connectivity index (χ4v) is 2.00. The lowest BCUT2D eigenvalue weighted by atomic mass is 10.2. The quantitative estimate of drug-likeness (QED) is 0.684. The summed E-state index contributed by atoms with van der Waals surface area (Å²) in [5.41, 5.74) is 7.01. The van der Waals surface area contributed by atoms with Crippen LogP contribution in [0, 0.1) is 23.2 Å². The first-order valence-electron chi connectivity index (χ1n) is 8.97. The monoisotopic (exact) mass is 384 g/mol. The maximum Gasteiger partial charge on any atom is 0.119 e. The highest BCUT2D eigenvalue weighted by molar-refractivity contribution is 7.80. The SMILES string of the molecule is CC(C)COc1ccc(C#N)cc1.CC(C)COc1ccc(C(N)=S)cc1. The van der Waals surface area contributed by atoms with Gasteiger partial charge in [-0.15, -0.1) is 0 Å². The summed E-state index contributed by atoms with van der Waals surface area (Å²) < 4.78 is 11.0. The number of rotatable bonds is 7.